The van der Waals surface area contributed by atoms with E-state index in [1.807, 2.05) is 0 Å². The topological polar surface area (TPSA) is 8.17 Å². The summed E-state index contributed by atoms with van der Waals surface area (Å²) in [6.07, 6.45) is 0. The molecular weight excluding hydrogens is 917 g/mol. The maximum absolute atomic E-state index is 2.54. The fourth-order valence-corrected chi connectivity index (χ4v) is 14.1. The molecule has 2 nitrogen and oxygen atoms in total. The second kappa shape index (κ2) is 16.4. The van der Waals surface area contributed by atoms with E-state index in [1.54, 1.807) is 0 Å². The predicted octanol–water partition coefficient (Wildman–Crippen LogP) is 18.6. The molecule has 0 radical (unpaired) electrons. The number of fused-ring (bicyclic) bond motifs is 15. The Morgan fingerprint density at radius 3 is 1.54 bits per heavy atom. The number of hydrogen-bond donors (Lipinski definition) is 0. The van der Waals surface area contributed by atoms with E-state index in [1.165, 1.54) is 99.8 Å². The molecule has 1 spiro atoms. The van der Waals surface area contributed by atoms with Gasteiger partial charge in [-0.1, -0.05) is 243 Å². The molecule has 2 aliphatic carbocycles. The number of benzene rings is 12. The Bertz CT molecular complexity index is 4430. The monoisotopic (exact) mass is 964 g/mol. The van der Waals surface area contributed by atoms with Crippen molar-refractivity contribution in [1.82, 2.24) is 4.57 Å². The van der Waals surface area contributed by atoms with Crippen molar-refractivity contribution in [3.63, 3.8) is 0 Å². The van der Waals surface area contributed by atoms with E-state index >= 15 is 0 Å². The third kappa shape index (κ3) is 5.76. The molecule has 0 N–H and O–H groups in total. The number of hydrogen-bond acceptors (Lipinski definition) is 1. The van der Waals surface area contributed by atoms with Gasteiger partial charge in [0.2, 0.25) is 0 Å². The van der Waals surface area contributed by atoms with Crippen LogP contribution < -0.4 is 4.90 Å². The number of nitrogens with zero attached hydrogens (tertiary/aromatic N) is 2. The lowest BCUT2D eigenvalue weighted by atomic mass is 9.65. The first-order chi connectivity index (χ1) is 37.7. The van der Waals surface area contributed by atoms with Crippen LogP contribution >= 0.6 is 0 Å². The standard InChI is InChI=1S/C74H48N2/c1-4-22-49(23-5-1)50-24-20-29-54(46-50)75(55-43-45-60-57-31-10-14-35-63(57)73(68(60)48-55,52-25-6-2-7-26-52)53-27-8-3-9-28-53)69-39-17-12-30-56(69)51-42-44-59-58-32-11-15-36-64(58)74(67(59)47-51)65-37-16-19-41-71(65)76-70-40-18-13-33-61(70)62-34-21-38-66(74)72(62)76/h1-48H. The fourth-order valence-electron chi connectivity index (χ4n) is 14.1. The lowest BCUT2D eigenvalue weighted by molar-refractivity contribution is 0.749. The highest BCUT2D eigenvalue weighted by Gasteiger charge is 2.51. The Hall–Kier alpha value is -9.76. The molecule has 0 amide bonds. The van der Waals surface area contributed by atoms with Gasteiger partial charge in [0, 0.05) is 27.7 Å². The van der Waals surface area contributed by atoms with Gasteiger partial charge in [-0.2, -0.15) is 0 Å². The molecule has 12 aromatic carbocycles. The van der Waals surface area contributed by atoms with Crippen molar-refractivity contribution in [2.45, 2.75) is 10.8 Å². The van der Waals surface area contributed by atoms with E-state index in [2.05, 4.69) is 301 Å². The van der Waals surface area contributed by atoms with Gasteiger partial charge in [-0.3, -0.25) is 0 Å². The minimum Gasteiger partial charge on any atom is -0.310 e. The van der Waals surface area contributed by atoms with Crippen LogP contribution in [0.4, 0.5) is 17.1 Å². The minimum absolute atomic E-state index is 0.560. The zero-order valence-electron chi connectivity index (χ0n) is 41.6. The third-order valence-electron chi connectivity index (χ3n) is 17.1. The maximum atomic E-state index is 2.54. The van der Waals surface area contributed by atoms with Gasteiger partial charge >= 0.3 is 0 Å². The molecule has 1 atom stereocenters. The quantitative estimate of drug-likeness (QED) is 0.155. The largest absolute Gasteiger partial charge is 0.310 e. The molecular formula is C74H48N2. The van der Waals surface area contributed by atoms with Crippen LogP contribution in [0.15, 0.2) is 291 Å². The number of rotatable bonds is 7. The summed E-state index contributed by atoms with van der Waals surface area (Å²) in [5.41, 5.74) is 25.9. The summed E-state index contributed by atoms with van der Waals surface area (Å²) in [4.78, 5) is 2.51. The first-order valence-electron chi connectivity index (χ1n) is 26.5. The molecule has 2 heteroatoms. The summed E-state index contributed by atoms with van der Waals surface area (Å²) in [5, 5.41) is 2.56. The van der Waals surface area contributed by atoms with Crippen molar-refractivity contribution >= 4 is 38.9 Å². The van der Waals surface area contributed by atoms with E-state index in [9.17, 15) is 0 Å². The molecule has 0 bridgehead atoms. The Labute approximate surface area is 442 Å². The summed E-state index contributed by atoms with van der Waals surface area (Å²) in [6.45, 7) is 0. The normalized spacial score (nSPS) is 15.0. The third-order valence-corrected chi connectivity index (χ3v) is 17.1. The highest BCUT2D eigenvalue weighted by Crippen LogP contribution is 2.62. The lowest BCUT2D eigenvalue weighted by Crippen LogP contribution is -2.33. The highest BCUT2D eigenvalue weighted by molar-refractivity contribution is 6.13. The molecule has 0 fully saturated rings. The molecule has 354 valence electrons. The smallest absolute Gasteiger partial charge is 0.0754 e. The van der Waals surface area contributed by atoms with Crippen molar-refractivity contribution in [2.75, 3.05) is 4.90 Å². The SMILES string of the molecule is c1ccc(-c2cccc(N(c3ccc4c(c3)C(c3ccccc3)(c3ccccc3)c3ccccc3-4)c3ccccc3-c3ccc4c(c3)C3(c5ccccc5-4)c4ccccc4-n4c5ccccc5c5cccc3c54)c2)cc1. The minimum atomic E-state index is -0.575. The Kier molecular flexibility index (Phi) is 9.20. The van der Waals surface area contributed by atoms with Crippen molar-refractivity contribution in [3.05, 3.63) is 336 Å². The maximum Gasteiger partial charge on any atom is 0.0754 e. The van der Waals surface area contributed by atoms with Gasteiger partial charge in [0.1, 0.15) is 0 Å². The van der Waals surface area contributed by atoms with Gasteiger partial charge in [-0.15, -0.1) is 0 Å². The summed E-state index contributed by atoms with van der Waals surface area (Å²) < 4.78 is 2.53. The average Bonchev–Trinajstić information content (AvgIpc) is 4.19. The van der Waals surface area contributed by atoms with Gasteiger partial charge in [0.25, 0.3) is 0 Å². The van der Waals surface area contributed by atoms with Crippen molar-refractivity contribution < 1.29 is 0 Å². The summed E-state index contributed by atoms with van der Waals surface area (Å²) in [5.74, 6) is 0. The summed E-state index contributed by atoms with van der Waals surface area (Å²) in [7, 11) is 0. The van der Waals surface area contributed by atoms with Crippen LogP contribution in [0.1, 0.15) is 44.5 Å². The molecule has 3 aliphatic rings. The van der Waals surface area contributed by atoms with Crippen molar-refractivity contribution in [2.24, 2.45) is 0 Å². The molecule has 1 aliphatic heterocycles. The average molecular weight is 965 g/mol. The van der Waals surface area contributed by atoms with E-state index < -0.39 is 10.8 Å². The number of para-hydroxylation sites is 4. The molecule has 1 unspecified atom stereocenters. The first kappa shape index (κ1) is 42.7. The van der Waals surface area contributed by atoms with Crippen LogP contribution in [0.3, 0.4) is 0 Å². The van der Waals surface area contributed by atoms with Crippen LogP contribution in [0.5, 0.6) is 0 Å². The van der Waals surface area contributed by atoms with E-state index in [-0.39, 0.29) is 0 Å². The Morgan fingerprint density at radius 2 is 0.789 bits per heavy atom. The van der Waals surface area contributed by atoms with Gasteiger partial charge in [-0.05, 0) is 132 Å². The van der Waals surface area contributed by atoms with Crippen LogP contribution in [0.2, 0.25) is 0 Å². The van der Waals surface area contributed by atoms with Gasteiger partial charge in [-0.25, -0.2) is 0 Å². The van der Waals surface area contributed by atoms with Crippen LogP contribution in [-0.4, -0.2) is 4.57 Å². The molecule has 16 rings (SSSR count). The van der Waals surface area contributed by atoms with E-state index in [0.29, 0.717) is 0 Å². The second-order valence-corrected chi connectivity index (χ2v) is 20.7. The molecule has 2 heterocycles. The summed E-state index contributed by atoms with van der Waals surface area (Å²) >= 11 is 0. The fraction of sp³-hybridized carbons (Fsp3) is 0.0270. The molecule has 0 saturated carbocycles. The van der Waals surface area contributed by atoms with Crippen LogP contribution in [0, 0.1) is 0 Å². The Morgan fingerprint density at radius 1 is 0.276 bits per heavy atom. The molecule has 13 aromatic rings. The van der Waals surface area contributed by atoms with Gasteiger partial charge < -0.3 is 9.47 Å². The number of anilines is 3. The zero-order valence-corrected chi connectivity index (χ0v) is 41.6. The van der Waals surface area contributed by atoms with Crippen molar-refractivity contribution in [3.8, 4) is 50.2 Å². The van der Waals surface area contributed by atoms with Crippen molar-refractivity contribution in [1.29, 1.82) is 0 Å². The second-order valence-electron chi connectivity index (χ2n) is 20.7. The van der Waals surface area contributed by atoms with Crippen LogP contribution in [-0.2, 0) is 10.8 Å². The molecule has 76 heavy (non-hydrogen) atoms. The highest BCUT2D eigenvalue weighted by atomic mass is 15.1. The van der Waals surface area contributed by atoms with E-state index in [0.717, 1.165) is 33.8 Å². The predicted molar refractivity (Wildman–Crippen MR) is 315 cm³/mol. The molecule has 1 aromatic heterocycles. The number of aromatic nitrogens is 1. The van der Waals surface area contributed by atoms with Crippen LogP contribution in [0.25, 0.3) is 72.0 Å². The van der Waals surface area contributed by atoms with Gasteiger partial charge in [0.15, 0.2) is 0 Å². The summed E-state index contributed by atoms with van der Waals surface area (Å²) in [6, 6.07) is 109. The van der Waals surface area contributed by atoms with Gasteiger partial charge in [0.05, 0.1) is 33.2 Å². The Balaban J connectivity index is 0.955. The zero-order chi connectivity index (χ0) is 50.0. The molecule has 0 saturated heterocycles. The van der Waals surface area contributed by atoms with E-state index in [4.69, 9.17) is 0 Å². The first-order valence-corrected chi connectivity index (χ1v) is 26.5. The lowest BCUT2D eigenvalue weighted by Gasteiger charge is -2.39.